The normalized spacial score (nSPS) is 9.47. The minimum Gasteiger partial charge on any atom is -0.465 e. The summed E-state index contributed by atoms with van der Waals surface area (Å²) in [5.41, 5.74) is -0.748. The first-order chi connectivity index (χ1) is 8.06. The predicted molar refractivity (Wildman–Crippen MR) is 58.7 cm³/mol. The number of carbonyl (C=O) groups excluding carboxylic acids is 1. The molecule has 0 aliphatic heterocycles. The maximum absolute atomic E-state index is 11.3. The van der Waals surface area contributed by atoms with E-state index in [1.54, 1.807) is 6.07 Å². The second kappa shape index (κ2) is 5.27. The summed E-state index contributed by atoms with van der Waals surface area (Å²) in [5, 5.41) is 19.8. The molecule has 0 amide bonds. The predicted octanol–water partition coefficient (Wildman–Crippen LogP) is 1.99. The van der Waals surface area contributed by atoms with Crippen LogP contribution in [0.25, 0.3) is 0 Å². The van der Waals surface area contributed by atoms with Crippen molar-refractivity contribution in [3.63, 3.8) is 0 Å². The number of methoxy groups -OCH3 is 1. The fourth-order valence-corrected chi connectivity index (χ4v) is 1.56. The average molecular weight is 255 g/mol. The Hall–Kier alpha value is -2.13. The number of alkyl halides is 1. The average Bonchev–Trinajstić information content (AvgIpc) is 2.35. The molecule has 0 saturated carbocycles. The minimum absolute atomic E-state index is 0.119. The van der Waals surface area contributed by atoms with E-state index in [1.807, 2.05) is 0 Å². The number of nitro benzene ring substituents is 1. The van der Waals surface area contributed by atoms with Crippen LogP contribution in [0.2, 0.25) is 0 Å². The van der Waals surface area contributed by atoms with Crippen molar-refractivity contribution >= 4 is 23.3 Å². The van der Waals surface area contributed by atoms with Gasteiger partial charge in [0.15, 0.2) is 0 Å². The monoisotopic (exact) mass is 254 g/mol. The molecule has 1 aromatic rings. The Morgan fingerprint density at radius 1 is 1.65 bits per heavy atom. The van der Waals surface area contributed by atoms with Crippen LogP contribution in [0, 0.1) is 21.4 Å². The maximum Gasteiger partial charge on any atom is 0.339 e. The lowest BCUT2D eigenvalue weighted by molar-refractivity contribution is -0.385. The Morgan fingerprint density at radius 2 is 2.29 bits per heavy atom. The molecule has 0 N–H and O–H groups in total. The Labute approximate surface area is 102 Å². The van der Waals surface area contributed by atoms with E-state index in [0.29, 0.717) is 0 Å². The molecule has 6 nitrogen and oxygen atoms in total. The number of hydrogen-bond donors (Lipinski definition) is 0. The second-order valence-electron chi connectivity index (χ2n) is 2.99. The first-order valence-corrected chi connectivity index (χ1v) is 4.94. The number of esters is 1. The van der Waals surface area contributed by atoms with Crippen molar-refractivity contribution in [2.45, 2.75) is 5.88 Å². The maximum atomic E-state index is 11.3. The third kappa shape index (κ3) is 2.34. The van der Waals surface area contributed by atoms with Gasteiger partial charge in [-0.15, -0.1) is 11.6 Å². The van der Waals surface area contributed by atoms with Crippen molar-refractivity contribution in [2.75, 3.05) is 7.11 Å². The molecule has 0 fully saturated rings. The molecule has 0 aliphatic rings. The molecule has 0 heterocycles. The lowest BCUT2D eigenvalue weighted by atomic mass is 10.0. The van der Waals surface area contributed by atoms with Crippen molar-refractivity contribution in [1.29, 1.82) is 5.26 Å². The van der Waals surface area contributed by atoms with E-state index in [2.05, 4.69) is 4.74 Å². The summed E-state index contributed by atoms with van der Waals surface area (Å²) in [6.45, 7) is 0. The number of carbonyl (C=O) groups is 1. The summed E-state index contributed by atoms with van der Waals surface area (Å²) in [7, 11) is 1.13. The summed E-state index contributed by atoms with van der Waals surface area (Å²) < 4.78 is 4.44. The molecule has 1 rings (SSSR count). The van der Waals surface area contributed by atoms with Crippen LogP contribution < -0.4 is 0 Å². The molecular formula is C10H7ClN2O4. The number of nitriles is 1. The third-order valence-electron chi connectivity index (χ3n) is 2.11. The van der Waals surface area contributed by atoms with Gasteiger partial charge in [0.05, 0.1) is 23.5 Å². The fraction of sp³-hybridized carbons (Fsp3) is 0.200. The van der Waals surface area contributed by atoms with Gasteiger partial charge in [-0.3, -0.25) is 10.1 Å². The summed E-state index contributed by atoms with van der Waals surface area (Å²) in [6.07, 6.45) is 0. The Morgan fingerprint density at radius 3 is 2.71 bits per heavy atom. The van der Waals surface area contributed by atoms with Crippen LogP contribution in [0.4, 0.5) is 5.69 Å². The largest absolute Gasteiger partial charge is 0.465 e. The molecule has 0 bridgehead atoms. The summed E-state index contributed by atoms with van der Waals surface area (Å²) in [4.78, 5) is 21.5. The lowest BCUT2D eigenvalue weighted by Gasteiger charge is -2.05. The van der Waals surface area contributed by atoms with Crippen molar-refractivity contribution in [1.82, 2.24) is 0 Å². The molecule has 7 heteroatoms. The molecular weight excluding hydrogens is 248 g/mol. The zero-order valence-corrected chi connectivity index (χ0v) is 9.52. The lowest BCUT2D eigenvalue weighted by Crippen LogP contribution is -2.08. The highest BCUT2D eigenvalue weighted by atomic mass is 35.5. The van der Waals surface area contributed by atoms with Gasteiger partial charge in [-0.1, -0.05) is 0 Å². The number of hydrogen-bond acceptors (Lipinski definition) is 5. The standard InChI is InChI=1S/C10H7ClN2O4/c1-17-10(14)7-3-2-6(4-11)9(13(15)16)8(7)5-12/h2-3H,4H2,1H3. The molecule has 0 aromatic heterocycles. The number of halogens is 1. The van der Waals surface area contributed by atoms with Crippen LogP contribution in [0.3, 0.4) is 0 Å². The first kappa shape index (κ1) is 12.9. The zero-order chi connectivity index (χ0) is 13.0. The highest BCUT2D eigenvalue weighted by Crippen LogP contribution is 2.28. The molecule has 0 unspecified atom stereocenters. The Bertz CT molecular complexity index is 522. The Balaban J connectivity index is 3.59. The van der Waals surface area contributed by atoms with Gasteiger partial charge in [-0.05, 0) is 12.1 Å². The van der Waals surface area contributed by atoms with Gasteiger partial charge in [-0.25, -0.2) is 4.79 Å². The zero-order valence-electron chi connectivity index (χ0n) is 8.77. The van der Waals surface area contributed by atoms with Crippen LogP contribution in [-0.2, 0) is 10.6 Å². The third-order valence-corrected chi connectivity index (χ3v) is 2.39. The van der Waals surface area contributed by atoms with E-state index in [4.69, 9.17) is 16.9 Å². The van der Waals surface area contributed by atoms with Crippen LogP contribution in [0.15, 0.2) is 12.1 Å². The number of rotatable bonds is 3. The molecule has 0 saturated heterocycles. The number of nitro groups is 1. The highest BCUT2D eigenvalue weighted by Gasteiger charge is 2.26. The van der Waals surface area contributed by atoms with Crippen LogP contribution >= 0.6 is 11.6 Å². The summed E-state index contributed by atoms with van der Waals surface area (Å²) in [6, 6.07) is 4.25. The molecule has 88 valence electrons. The summed E-state index contributed by atoms with van der Waals surface area (Å²) >= 11 is 5.54. The van der Waals surface area contributed by atoms with Crippen molar-refractivity contribution in [3.8, 4) is 6.07 Å². The van der Waals surface area contributed by atoms with Gasteiger partial charge in [0.2, 0.25) is 0 Å². The number of ether oxygens (including phenoxy) is 1. The Kier molecular flexibility index (Phi) is 4.01. The molecule has 0 radical (unpaired) electrons. The van der Waals surface area contributed by atoms with E-state index in [1.165, 1.54) is 12.1 Å². The van der Waals surface area contributed by atoms with E-state index in [0.717, 1.165) is 7.11 Å². The van der Waals surface area contributed by atoms with E-state index >= 15 is 0 Å². The van der Waals surface area contributed by atoms with Crippen LogP contribution in [-0.4, -0.2) is 18.0 Å². The molecule has 17 heavy (non-hydrogen) atoms. The second-order valence-corrected chi connectivity index (χ2v) is 3.26. The minimum atomic E-state index is -0.800. The van der Waals surface area contributed by atoms with E-state index < -0.39 is 16.6 Å². The van der Waals surface area contributed by atoms with Gasteiger partial charge >= 0.3 is 5.97 Å². The van der Waals surface area contributed by atoms with Gasteiger partial charge in [-0.2, -0.15) is 5.26 Å². The van der Waals surface area contributed by atoms with Crippen LogP contribution in [0.1, 0.15) is 21.5 Å². The van der Waals surface area contributed by atoms with Crippen molar-refractivity contribution in [3.05, 3.63) is 38.9 Å². The van der Waals surface area contributed by atoms with E-state index in [9.17, 15) is 14.9 Å². The van der Waals surface area contributed by atoms with Gasteiger partial charge < -0.3 is 4.74 Å². The molecule has 0 aliphatic carbocycles. The summed E-state index contributed by atoms with van der Waals surface area (Å²) in [5.74, 6) is -0.919. The quantitative estimate of drug-likeness (QED) is 0.356. The first-order valence-electron chi connectivity index (χ1n) is 4.41. The molecule has 0 spiro atoms. The number of nitrogens with zero attached hydrogens (tertiary/aromatic N) is 2. The fourth-order valence-electron chi connectivity index (χ4n) is 1.34. The molecule has 1 aromatic carbocycles. The van der Waals surface area contributed by atoms with Gasteiger partial charge in [0.1, 0.15) is 11.6 Å². The van der Waals surface area contributed by atoms with Crippen molar-refractivity contribution < 1.29 is 14.5 Å². The topological polar surface area (TPSA) is 93.2 Å². The highest BCUT2D eigenvalue weighted by molar-refractivity contribution is 6.17. The van der Waals surface area contributed by atoms with Crippen LogP contribution in [0.5, 0.6) is 0 Å². The number of benzene rings is 1. The van der Waals surface area contributed by atoms with Crippen molar-refractivity contribution in [2.24, 2.45) is 0 Å². The molecule has 0 atom stereocenters. The smallest absolute Gasteiger partial charge is 0.339 e. The van der Waals surface area contributed by atoms with Gasteiger partial charge in [0.25, 0.3) is 5.69 Å². The SMILES string of the molecule is COC(=O)c1ccc(CCl)c([N+](=O)[O-])c1C#N. The van der Waals surface area contributed by atoms with Gasteiger partial charge in [0, 0.05) is 5.56 Å². The van der Waals surface area contributed by atoms with E-state index in [-0.39, 0.29) is 22.6 Å².